The van der Waals surface area contributed by atoms with Gasteiger partial charge >= 0.3 is 0 Å². The van der Waals surface area contributed by atoms with Crippen molar-refractivity contribution in [3.05, 3.63) is 68.7 Å². The summed E-state index contributed by atoms with van der Waals surface area (Å²) in [7, 11) is 0. The third kappa shape index (κ3) is 4.57. The average molecular weight is 388 g/mol. The summed E-state index contributed by atoms with van der Waals surface area (Å²) in [6.45, 7) is 3.89. The minimum Gasteiger partial charge on any atom is -0.384 e. The molecule has 2 aromatic rings. The Labute approximate surface area is 163 Å². The number of anilines is 1. The number of likely N-dealkylation sites (tertiary alicyclic amines) is 1. The number of hydrogen-bond acceptors (Lipinski definition) is 4. The molecule has 0 spiro atoms. The second kappa shape index (κ2) is 8.39. The number of carbonyl (C=O) groups is 1. The van der Waals surface area contributed by atoms with Crippen LogP contribution >= 0.6 is 11.6 Å². The molecule has 1 aliphatic rings. The van der Waals surface area contributed by atoms with Crippen molar-refractivity contribution < 1.29 is 9.72 Å². The molecule has 1 aliphatic heterocycles. The molecule has 142 valence electrons. The van der Waals surface area contributed by atoms with Gasteiger partial charge in [0.05, 0.1) is 15.6 Å². The van der Waals surface area contributed by atoms with Gasteiger partial charge in [-0.05, 0) is 43.9 Å². The Kier molecular flexibility index (Phi) is 5.96. The van der Waals surface area contributed by atoms with Gasteiger partial charge in [0, 0.05) is 36.8 Å². The van der Waals surface area contributed by atoms with Crippen LogP contribution in [0.2, 0.25) is 5.02 Å². The summed E-state index contributed by atoms with van der Waals surface area (Å²) < 4.78 is 0. The number of aryl methyl sites for hydroxylation is 1. The van der Waals surface area contributed by atoms with E-state index in [2.05, 4.69) is 5.32 Å². The van der Waals surface area contributed by atoms with Crippen LogP contribution in [0.3, 0.4) is 0 Å². The van der Waals surface area contributed by atoms with Gasteiger partial charge in [-0.15, -0.1) is 0 Å². The van der Waals surface area contributed by atoms with Gasteiger partial charge in [0.15, 0.2) is 0 Å². The molecule has 1 saturated heterocycles. The molecule has 1 N–H and O–H groups in total. The molecule has 0 unspecified atom stereocenters. The van der Waals surface area contributed by atoms with E-state index in [1.807, 2.05) is 35.2 Å². The number of nitro benzene ring substituents is 1. The van der Waals surface area contributed by atoms with Gasteiger partial charge in [-0.2, -0.15) is 0 Å². The van der Waals surface area contributed by atoms with Crippen molar-refractivity contribution in [2.24, 2.45) is 5.92 Å². The van der Waals surface area contributed by atoms with Crippen LogP contribution in [0.1, 0.15) is 28.8 Å². The second-order valence-corrected chi connectivity index (χ2v) is 7.27. The van der Waals surface area contributed by atoms with Gasteiger partial charge < -0.3 is 10.2 Å². The van der Waals surface area contributed by atoms with Crippen LogP contribution in [-0.2, 0) is 0 Å². The molecule has 2 aromatic carbocycles. The molecule has 6 nitrogen and oxygen atoms in total. The Morgan fingerprint density at radius 3 is 2.56 bits per heavy atom. The van der Waals surface area contributed by atoms with Crippen LogP contribution in [-0.4, -0.2) is 35.4 Å². The van der Waals surface area contributed by atoms with Crippen LogP contribution < -0.4 is 5.32 Å². The van der Waals surface area contributed by atoms with Gasteiger partial charge in [-0.1, -0.05) is 29.8 Å². The number of rotatable bonds is 5. The van der Waals surface area contributed by atoms with Crippen molar-refractivity contribution in [3.63, 3.8) is 0 Å². The Morgan fingerprint density at radius 2 is 1.93 bits per heavy atom. The van der Waals surface area contributed by atoms with E-state index in [9.17, 15) is 14.9 Å². The number of halogens is 1. The zero-order valence-electron chi connectivity index (χ0n) is 15.2. The molecule has 1 heterocycles. The van der Waals surface area contributed by atoms with Crippen molar-refractivity contribution in [1.82, 2.24) is 4.90 Å². The molecule has 0 bridgehead atoms. The number of amides is 1. The molecule has 1 fully saturated rings. The lowest BCUT2D eigenvalue weighted by Crippen LogP contribution is -2.39. The molecule has 27 heavy (non-hydrogen) atoms. The molecular weight excluding hydrogens is 366 g/mol. The van der Waals surface area contributed by atoms with Gasteiger partial charge in [-0.25, -0.2) is 0 Å². The fraction of sp³-hybridized carbons (Fsp3) is 0.350. The maximum absolute atomic E-state index is 12.5. The third-order valence-electron chi connectivity index (χ3n) is 4.99. The standard InChI is InChI=1S/C20H22ClN3O3/c1-14-11-18(17(21)12-19(14)24(26)27)22-13-15-7-9-23(10-8-15)20(25)16-5-3-2-4-6-16/h2-6,11-12,15,22H,7-10,13H2,1H3. The van der Waals surface area contributed by atoms with Crippen LogP contribution in [0.4, 0.5) is 11.4 Å². The first kappa shape index (κ1) is 19.2. The molecule has 1 amide bonds. The van der Waals surface area contributed by atoms with Crippen molar-refractivity contribution in [1.29, 1.82) is 0 Å². The molecule has 3 rings (SSSR count). The first-order valence-electron chi connectivity index (χ1n) is 8.98. The van der Waals surface area contributed by atoms with Crippen LogP contribution in [0.15, 0.2) is 42.5 Å². The summed E-state index contributed by atoms with van der Waals surface area (Å²) >= 11 is 6.18. The summed E-state index contributed by atoms with van der Waals surface area (Å²) in [4.78, 5) is 24.9. The maximum atomic E-state index is 12.5. The highest BCUT2D eigenvalue weighted by Gasteiger charge is 2.24. The molecule has 0 aromatic heterocycles. The van der Waals surface area contributed by atoms with Crippen molar-refractivity contribution in [2.75, 3.05) is 25.0 Å². The highest BCUT2D eigenvalue weighted by molar-refractivity contribution is 6.33. The third-order valence-corrected chi connectivity index (χ3v) is 5.30. The summed E-state index contributed by atoms with van der Waals surface area (Å²) in [6.07, 6.45) is 1.82. The number of nitro groups is 1. The number of hydrogen-bond donors (Lipinski definition) is 1. The summed E-state index contributed by atoms with van der Waals surface area (Å²) in [6, 6.07) is 12.4. The number of carbonyl (C=O) groups excluding carboxylic acids is 1. The Balaban J connectivity index is 1.54. The quantitative estimate of drug-likeness (QED) is 0.604. The first-order valence-corrected chi connectivity index (χ1v) is 9.36. The van der Waals surface area contributed by atoms with Crippen molar-refractivity contribution >= 4 is 28.9 Å². The first-order chi connectivity index (χ1) is 13.0. The average Bonchev–Trinajstić information content (AvgIpc) is 2.68. The zero-order chi connectivity index (χ0) is 19.4. The highest BCUT2D eigenvalue weighted by atomic mass is 35.5. The van der Waals surface area contributed by atoms with E-state index in [1.54, 1.807) is 13.0 Å². The summed E-state index contributed by atoms with van der Waals surface area (Å²) in [5.74, 6) is 0.507. The normalized spacial score (nSPS) is 14.8. The van der Waals surface area contributed by atoms with E-state index in [-0.39, 0.29) is 11.6 Å². The van der Waals surface area contributed by atoms with E-state index in [0.717, 1.165) is 38.0 Å². The molecule has 0 atom stereocenters. The predicted octanol–water partition coefficient (Wildman–Crippen LogP) is 4.52. The lowest BCUT2D eigenvalue weighted by molar-refractivity contribution is -0.385. The van der Waals surface area contributed by atoms with Crippen molar-refractivity contribution in [3.8, 4) is 0 Å². The van der Waals surface area contributed by atoms with Crippen molar-refractivity contribution in [2.45, 2.75) is 19.8 Å². The topological polar surface area (TPSA) is 75.5 Å². The molecule has 0 radical (unpaired) electrons. The zero-order valence-corrected chi connectivity index (χ0v) is 15.9. The summed E-state index contributed by atoms with van der Waals surface area (Å²) in [5.41, 5.74) is 2.04. The van der Waals surface area contributed by atoms with Gasteiger partial charge in [-0.3, -0.25) is 14.9 Å². The van der Waals surface area contributed by atoms with E-state index < -0.39 is 4.92 Å². The van der Waals surface area contributed by atoms with Gasteiger partial charge in [0.1, 0.15) is 0 Å². The number of nitrogens with one attached hydrogen (secondary N) is 1. The van der Waals surface area contributed by atoms with Gasteiger partial charge in [0.2, 0.25) is 0 Å². The summed E-state index contributed by atoms with van der Waals surface area (Å²) in [5, 5.41) is 14.6. The molecule has 7 heteroatoms. The van der Waals surface area contributed by atoms with Crippen LogP contribution in [0.5, 0.6) is 0 Å². The monoisotopic (exact) mass is 387 g/mol. The number of piperidine rings is 1. The van der Waals surface area contributed by atoms with E-state index in [4.69, 9.17) is 11.6 Å². The fourth-order valence-corrected chi connectivity index (χ4v) is 3.59. The molecule has 0 aliphatic carbocycles. The second-order valence-electron chi connectivity index (χ2n) is 6.86. The SMILES string of the molecule is Cc1cc(NCC2CCN(C(=O)c3ccccc3)CC2)c(Cl)cc1[N+](=O)[O-]. The smallest absolute Gasteiger partial charge is 0.273 e. The lowest BCUT2D eigenvalue weighted by Gasteiger charge is -2.32. The number of nitrogens with zero attached hydrogens (tertiary/aromatic N) is 2. The minimum absolute atomic E-state index is 0.0262. The van der Waals surface area contributed by atoms with Gasteiger partial charge in [0.25, 0.3) is 11.6 Å². The van der Waals surface area contributed by atoms with Crippen LogP contribution in [0, 0.1) is 23.0 Å². The van der Waals surface area contributed by atoms with E-state index in [1.165, 1.54) is 6.07 Å². The Morgan fingerprint density at radius 1 is 1.26 bits per heavy atom. The predicted molar refractivity (Wildman–Crippen MR) is 106 cm³/mol. The highest BCUT2D eigenvalue weighted by Crippen LogP contribution is 2.31. The largest absolute Gasteiger partial charge is 0.384 e. The Hall–Kier alpha value is -2.60. The molecular formula is C20H22ClN3O3. The van der Waals surface area contributed by atoms with E-state index in [0.29, 0.717) is 22.2 Å². The maximum Gasteiger partial charge on any atom is 0.273 e. The lowest BCUT2D eigenvalue weighted by atomic mass is 9.96. The van der Waals surface area contributed by atoms with E-state index >= 15 is 0 Å². The molecule has 0 saturated carbocycles. The van der Waals surface area contributed by atoms with Crippen LogP contribution in [0.25, 0.3) is 0 Å². The Bertz CT molecular complexity index is 834. The minimum atomic E-state index is -0.426. The number of benzene rings is 2. The fourth-order valence-electron chi connectivity index (χ4n) is 3.36.